The zero-order valence-corrected chi connectivity index (χ0v) is 12.6. The Morgan fingerprint density at radius 2 is 1.96 bits per heavy atom. The first kappa shape index (κ1) is 15.1. The van der Waals surface area contributed by atoms with Crippen LogP contribution in [-0.2, 0) is 6.54 Å². The highest BCUT2D eigenvalue weighted by molar-refractivity contribution is 5.88. The average Bonchev–Trinajstić information content (AvgIpc) is 2.92. The fraction of sp³-hybridized carbons (Fsp3) is 0.188. The highest BCUT2D eigenvalue weighted by Crippen LogP contribution is 2.17. The predicted octanol–water partition coefficient (Wildman–Crippen LogP) is 3.08. The number of nitrogens with zero attached hydrogens (tertiary/aromatic N) is 3. The Bertz CT molecular complexity index is 904. The number of rotatable bonds is 2. The molecule has 0 aliphatic carbocycles. The molecule has 0 atom stereocenters. The van der Waals surface area contributed by atoms with Crippen molar-refractivity contribution in [1.82, 2.24) is 20.3 Å². The molecule has 118 valence electrons. The maximum absolute atomic E-state index is 13.8. The third-order valence-corrected chi connectivity index (χ3v) is 3.67. The summed E-state index contributed by atoms with van der Waals surface area (Å²) in [5.74, 6) is -1.65. The summed E-state index contributed by atoms with van der Waals surface area (Å²) in [6, 6.07) is 6.92. The molecule has 0 saturated heterocycles. The third-order valence-electron chi connectivity index (χ3n) is 3.67. The molecule has 3 rings (SSSR count). The second-order valence-corrected chi connectivity index (χ2v) is 5.33. The van der Waals surface area contributed by atoms with Crippen molar-refractivity contribution >= 4 is 17.1 Å². The predicted molar refractivity (Wildman–Crippen MR) is 81.0 cm³/mol. The summed E-state index contributed by atoms with van der Waals surface area (Å²) in [5, 5.41) is 9.85. The van der Waals surface area contributed by atoms with E-state index in [0.717, 1.165) is 27.4 Å². The van der Waals surface area contributed by atoms with Crippen molar-refractivity contribution in [1.29, 1.82) is 0 Å². The van der Waals surface area contributed by atoms with Crippen LogP contribution < -0.4 is 5.32 Å². The van der Waals surface area contributed by atoms with Crippen LogP contribution in [0.5, 0.6) is 0 Å². The van der Waals surface area contributed by atoms with Gasteiger partial charge in [0.25, 0.3) is 0 Å². The van der Waals surface area contributed by atoms with E-state index in [1.165, 1.54) is 0 Å². The highest BCUT2D eigenvalue weighted by Gasteiger charge is 2.16. The number of carbonyl (C=O) groups excluding carboxylic acids is 1. The molecule has 0 saturated carbocycles. The molecule has 7 heteroatoms. The molecule has 0 spiro atoms. The lowest BCUT2D eigenvalue weighted by molar-refractivity contribution is 0.239. The largest absolute Gasteiger partial charge is 0.344 e. The van der Waals surface area contributed by atoms with Gasteiger partial charge in [0, 0.05) is 18.7 Å². The van der Waals surface area contributed by atoms with Crippen LogP contribution in [0.2, 0.25) is 0 Å². The minimum atomic E-state index is -0.883. The van der Waals surface area contributed by atoms with Crippen molar-refractivity contribution < 1.29 is 13.6 Å². The van der Waals surface area contributed by atoms with Gasteiger partial charge in [0.05, 0.1) is 0 Å². The number of benzene rings is 2. The zero-order chi connectivity index (χ0) is 16.6. The molecule has 3 aromatic rings. The lowest BCUT2D eigenvalue weighted by Gasteiger charge is -2.07. The van der Waals surface area contributed by atoms with Crippen LogP contribution in [0.15, 0.2) is 30.3 Å². The number of amides is 1. The van der Waals surface area contributed by atoms with Crippen LogP contribution in [0, 0.1) is 25.5 Å². The number of aryl methyl sites for hydroxylation is 2. The Balaban J connectivity index is 1.82. The molecule has 5 nitrogen and oxygen atoms in total. The SMILES string of the molecule is Cc1ccc(CNC(=O)n2nnc3cc(F)cc(F)c32)cc1C. The van der Waals surface area contributed by atoms with Crippen LogP contribution in [-0.4, -0.2) is 21.0 Å². The first-order chi connectivity index (χ1) is 11.0. The molecule has 0 aliphatic heterocycles. The Morgan fingerprint density at radius 3 is 2.70 bits per heavy atom. The number of carbonyl (C=O) groups is 1. The van der Waals surface area contributed by atoms with Gasteiger partial charge in [-0.25, -0.2) is 13.6 Å². The summed E-state index contributed by atoms with van der Waals surface area (Å²) in [5.41, 5.74) is 3.03. The standard InChI is InChI=1S/C16H14F2N4O/c1-9-3-4-11(5-10(9)2)8-19-16(23)22-15-13(18)6-12(17)7-14(15)20-21-22/h3-7H,8H2,1-2H3,(H,19,23). The maximum Gasteiger partial charge on any atom is 0.344 e. The molecular formula is C16H14F2N4O. The fourth-order valence-corrected chi connectivity index (χ4v) is 2.28. The van der Waals surface area contributed by atoms with Gasteiger partial charge in [0.2, 0.25) is 0 Å². The maximum atomic E-state index is 13.8. The zero-order valence-electron chi connectivity index (χ0n) is 12.6. The van der Waals surface area contributed by atoms with Crippen LogP contribution >= 0.6 is 0 Å². The quantitative estimate of drug-likeness (QED) is 0.790. The van der Waals surface area contributed by atoms with Crippen LogP contribution in [0.25, 0.3) is 11.0 Å². The van der Waals surface area contributed by atoms with Crippen molar-refractivity contribution in [3.05, 3.63) is 58.7 Å². The van der Waals surface area contributed by atoms with Crippen LogP contribution in [0.1, 0.15) is 16.7 Å². The minimum absolute atomic E-state index is 0.0103. The van der Waals surface area contributed by atoms with Gasteiger partial charge in [-0.1, -0.05) is 23.4 Å². The highest BCUT2D eigenvalue weighted by atomic mass is 19.1. The first-order valence-electron chi connectivity index (χ1n) is 7.00. The second kappa shape index (κ2) is 5.75. The van der Waals surface area contributed by atoms with Crippen molar-refractivity contribution in [2.45, 2.75) is 20.4 Å². The molecule has 1 heterocycles. The molecule has 0 bridgehead atoms. The summed E-state index contributed by atoms with van der Waals surface area (Å²) >= 11 is 0. The van der Waals surface area contributed by atoms with Gasteiger partial charge in [0.15, 0.2) is 5.82 Å². The normalized spacial score (nSPS) is 11.0. The van der Waals surface area contributed by atoms with Crippen molar-refractivity contribution in [3.8, 4) is 0 Å². The number of aromatic nitrogens is 3. The van der Waals surface area contributed by atoms with E-state index in [1.807, 2.05) is 32.0 Å². The number of nitrogens with one attached hydrogen (secondary N) is 1. The third kappa shape index (κ3) is 2.90. The van der Waals surface area contributed by atoms with Gasteiger partial charge in [-0.3, -0.25) is 0 Å². The average molecular weight is 316 g/mol. The van der Waals surface area contributed by atoms with E-state index in [2.05, 4.69) is 15.6 Å². The first-order valence-corrected chi connectivity index (χ1v) is 7.00. The second-order valence-electron chi connectivity index (χ2n) is 5.33. The Morgan fingerprint density at radius 1 is 1.17 bits per heavy atom. The van der Waals surface area contributed by atoms with Gasteiger partial charge >= 0.3 is 6.03 Å². The molecule has 23 heavy (non-hydrogen) atoms. The lowest BCUT2D eigenvalue weighted by Crippen LogP contribution is -2.29. The molecule has 0 unspecified atom stereocenters. The Labute approximate surface area is 130 Å². The molecule has 0 fully saturated rings. The van der Waals surface area contributed by atoms with E-state index in [0.29, 0.717) is 6.07 Å². The lowest BCUT2D eigenvalue weighted by atomic mass is 10.1. The van der Waals surface area contributed by atoms with Gasteiger partial charge in [-0.15, -0.1) is 5.10 Å². The monoisotopic (exact) mass is 316 g/mol. The molecule has 2 aromatic carbocycles. The molecular weight excluding hydrogens is 302 g/mol. The van der Waals surface area contributed by atoms with E-state index in [1.54, 1.807) is 0 Å². The van der Waals surface area contributed by atoms with E-state index >= 15 is 0 Å². The van der Waals surface area contributed by atoms with Crippen molar-refractivity contribution in [3.63, 3.8) is 0 Å². The van der Waals surface area contributed by atoms with Crippen LogP contribution in [0.3, 0.4) is 0 Å². The van der Waals surface area contributed by atoms with E-state index in [-0.39, 0.29) is 17.6 Å². The topological polar surface area (TPSA) is 59.8 Å². The summed E-state index contributed by atoms with van der Waals surface area (Å²) < 4.78 is 27.8. The summed E-state index contributed by atoms with van der Waals surface area (Å²) in [7, 11) is 0. The molecule has 0 aliphatic rings. The molecule has 1 amide bonds. The Kier molecular flexibility index (Phi) is 3.77. The summed E-state index contributed by atoms with van der Waals surface area (Å²) in [4.78, 5) is 12.2. The smallest absolute Gasteiger partial charge is 0.332 e. The molecule has 0 radical (unpaired) electrons. The van der Waals surface area contributed by atoms with Crippen molar-refractivity contribution in [2.75, 3.05) is 0 Å². The van der Waals surface area contributed by atoms with Gasteiger partial charge in [0.1, 0.15) is 16.9 Å². The van der Waals surface area contributed by atoms with Crippen LogP contribution in [0.4, 0.5) is 13.6 Å². The molecule has 1 N–H and O–H groups in total. The van der Waals surface area contributed by atoms with Crippen molar-refractivity contribution in [2.24, 2.45) is 0 Å². The van der Waals surface area contributed by atoms with E-state index in [9.17, 15) is 13.6 Å². The van der Waals surface area contributed by atoms with E-state index < -0.39 is 17.7 Å². The number of halogens is 2. The van der Waals surface area contributed by atoms with Gasteiger partial charge in [-0.2, -0.15) is 4.68 Å². The number of hydrogen-bond acceptors (Lipinski definition) is 3. The van der Waals surface area contributed by atoms with Gasteiger partial charge < -0.3 is 5.32 Å². The van der Waals surface area contributed by atoms with Gasteiger partial charge in [-0.05, 0) is 30.5 Å². The number of fused-ring (bicyclic) bond motifs is 1. The summed E-state index contributed by atoms with van der Waals surface area (Å²) in [6.07, 6.45) is 0. The number of hydrogen-bond donors (Lipinski definition) is 1. The minimum Gasteiger partial charge on any atom is -0.332 e. The van der Waals surface area contributed by atoms with E-state index in [4.69, 9.17) is 0 Å². The Hall–Kier alpha value is -2.83. The summed E-state index contributed by atoms with van der Waals surface area (Å²) in [6.45, 7) is 4.25. The fourth-order valence-electron chi connectivity index (χ4n) is 2.28. The molecule has 1 aromatic heterocycles.